The van der Waals surface area contributed by atoms with Gasteiger partial charge in [-0.05, 0) is 51.0 Å². The minimum atomic E-state index is -3.65. The first kappa shape index (κ1) is 21.4. The summed E-state index contributed by atoms with van der Waals surface area (Å²) in [7, 11) is -2.20. The zero-order valence-electron chi connectivity index (χ0n) is 17.2. The number of rotatable bonds is 6. The van der Waals surface area contributed by atoms with Gasteiger partial charge in [0.25, 0.3) is 5.91 Å². The fourth-order valence-electron chi connectivity index (χ4n) is 3.59. The summed E-state index contributed by atoms with van der Waals surface area (Å²) in [5, 5.41) is 2.82. The number of benzene rings is 1. The molecular formula is C21H28N2O5S. The molecule has 2 aromatic rings. The molecule has 0 aliphatic carbocycles. The van der Waals surface area contributed by atoms with Crippen LogP contribution in [-0.2, 0) is 16.6 Å². The van der Waals surface area contributed by atoms with Gasteiger partial charge in [-0.25, -0.2) is 8.42 Å². The molecule has 1 aliphatic heterocycles. The van der Waals surface area contributed by atoms with Crippen molar-refractivity contribution < 1.29 is 22.4 Å². The SMILES string of the molecule is COc1ccc(S(=O)(=O)N2CCCCCC2)cc1C(=O)NCc1cc(C)oc1C. The van der Waals surface area contributed by atoms with Gasteiger partial charge in [0.1, 0.15) is 17.3 Å². The van der Waals surface area contributed by atoms with E-state index in [1.54, 1.807) is 0 Å². The first-order valence-electron chi connectivity index (χ1n) is 9.85. The molecule has 1 aromatic carbocycles. The molecule has 1 N–H and O–H groups in total. The topological polar surface area (TPSA) is 88.9 Å². The van der Waals surface area contributed by atoms with E-state index in [0.717, 1.165) is 42.8 Å². The monoisotopic (exact) mass is 420 g/mol. The molecule has 1 fully saturated rings. The van der Waals surface area contributed by atoms with Crippen molar-refractivity contribution in [3.05, 3.63) is 46.9 Å². The van der Waals surface area contributed by atoms with Gasteiger partial charge in [-0.3, -0.25) is 4.79 Å². The molecule has 3 rings (SSSR count). The van der Waals surface area contributed by atoms with E-state index in [-0.39, 0.29) is 17.0 Å². The minimum Gasteiger partial charge on any atom is -0.496 e. The second-order valence-electron chi connectivity index (χ2n) is 7.30. The van der Waals surface area contributed by atoms with Crippen molar-refractivity contribution in [3.8, 4) is 5.75 Å². The highest BCUT2D eigenvalue weighted by Crippen LogP contribution is 2.26. The van der Waals surface area contributed by atoms with Crippen LogP contribution < -0.4 is 10.1 Å². The first-order valence-corrected chi connectivity index (χ1v) is 11.3. The number of amides is 1. The number of hydrogen-bond acceptors (Lipinski definition) is 5. The van der Waals surface area contributed by atoms with Crippen LogP contribution in [0, 0.1) is 13.8 Å². The van der Waals surface area contributed by atoms with E-state index in [9.17, 15) is 13.2 Å². The highest BCUT2D eigenvalue weighted by atomic mass is 32.2. The maximum Gasteiger partial charge on any atom is 0.255 e. The quantitative estimate of drug-likeness (QED) is 0.774. The van der Waals surface area contributed by atoms with Crippen LogP contribution in [0.15, 0.2) is 33.6 Å². The number of hydrogen-bond donors (Lipinski definition) is 1. The lowest BCUT2D eigenvalue weighted by Gasteiger charge is -2.20. The second kappa shape index (κ2) is 9.00. The summed E-state index contributed by atoms with van der Waals surface area (Å²) < 4.78 is 38.4. The number of nitrogens with zero attached hydrogens (tertiary/aromatic N) is 1. The van der Waals surface area contributed by atoms with Crippen LogP contribution in [0.2, 0.25) is 0 Å². The van der Waals surface area contributed by atoms with E-state index >= 15 is 0 Å². The minimum absolute atomic E-state index is 0.112. The lowest BCUT2D eigenvalue weighted by molar-refractivity contribution is 0.0947. The van der Waals surface area contributed by atoms with Crippen LogP contribution in [0.5, 0.6) is 5.75 Å². The van der Waals surface area contributed by atoms with Crippen molar-refractivity contribution in [2.75, 3.05) is 20.2 Å². The number of methoxy groups -OCH3 is 1. The Morgan fingerprint density at radius 3 is 2.41 bits per heavy atom. The summed E-state index contributed by atoms with van der Waals surface area (Å²) in [6, 6.07) is 6.31. The molecule has 0 unspecified atom stereocenters. The van der Waals surface area contributed by atoms with Gasteiger partial charge in [0.05, 0.1) is 17.6 Å². The standard InChI is InChI=1S/C21H28N2O5S/c1-15-12-17(16(2)28-15)14-22-21(24)19-13-18(8-9-20(19)27-3)29(25,26)23-10-6-4-5-7-11-23/h8-9,12-13H,4-7,10-11,14H2,1-3H3,(H,22,24). The summed E-state index contributed by atoms with van der Waals surface area (Å²) >= 11 is 0. The number of carbonyl (C=O) groups is 1. The van der Waals surface area contributed by atoms with Crippen LogP contribution >= 0.6 is 0 Å². The molecule has 0 saturated carbocycles. The zero-order chi connectivity index (χ0) is 21.0. The lowest BCUT2D eigenvalue weighted by atomic mass is 10.1. The van der Waals surface area contributed by atoms with Gasteiger partial charge in [-0.1, -0.05) is 12.8 Å². The molecule has 7 nitrogen and oxygen atoms in total. The Morgan fingerprint density at radius 2 is 1.83 bits per heavy atom. The van der Waals surface area contributed by atoms with E-state index in [4.69, 9.17) is 9.15 Å². The van der Waals surface area contributed by atoms with Crippen molar-refractivity contribution in [2.45, 2.75) is 51.0 Å². The Bertz CT molecular complexity index is 973. The number of ether oxygens (including phenoxy) is 1. The van der Waals surface area contributed by atoms with Crippen LogP contribution in [-0.4, -0.2) is 38.8 Å². The fraction of sp³-hybridized carbons (Fsp3) is 0.476. The summed E-state index contributed by atoms with van der Waals surface area (Å²) in [5.41, 5.74) is 1.07. The highest BCUT2D eigenvalue weighted by molar-refractivity contribution is 7.89. The molecule has 158 valence electrons. The van der Waals surface area contributed by atoms with Crippen LogP contribution in [0.25, 0.3) is 0 Å². The predicted molar refractivity (Wildman–Crippen MR) is 110 cm³/mol. The van der Waals surface area contributed by atoms with Crippen molar-refractivity contribution in [3.63, 3.8) is 0 Å². The lowest BCUT2D eigenvalue weighted by Crippen LogP contribution is -2.32. The van der Waals surface area contributed by atoms with Crippen molar-refractivity contribution in [1.82, 2.24) is 9.62 Å². The molecular weight excluding hydrogens is 392 g/mol. The van der Waals surface area contributed by atoms with Gasteiger partial charge in [0.2, 0.25) is 10.0 Å². The number of aryl methyl sites for hydroxylation is 2. The molecule has 0 atom stereocenters. The van der Waals surface area contributed by atoms with Crippen LogP contribution in [0.3, 0.4) is 0 Å². The van der Waals surface area contributed by atoms with Gasteiger partial charge in [-0.2, -0.15) is 4.31 Å². The van der Waals surface area contributed by atoms with Gasteiger partial charge >= 0.3 is 0 Å². The molecule has 29 heavy (non-hydrogen) atoms. The van der Waals surface area contributed by atoms with Gasteiger partial charge in [0.15, 0.2) is 0 Å². The third kappa shape index (κ3) is 4.82. The fourth-order valence-corrected chi connectivity index (χ4v) is 5.13. The Kier molecular flexibility index (Phi) is 6.64. The normalized spacial score (nSPS) is 15.7. The number of nitrogens with one attached hydrogen (secondary N) is 1. The van der Waals surface area contributed by atoms with Crippen LogP contribution in [0.4, 0.5) is 0 Å². The summed E-state index contributed by atoms with van der Waals surface area (Å²) in [4.78, 5) is 12.9. The molecule has 0 bridgehead atoms. The van der Waals surface area contributed by atoms with E-state index < -0.39 is 15.9 Å². The Labute approximate surface area is 172 Å². The highest BCUT2D eigenvalue weighted by Gasteiger charge is 2.27. The molecule has 0 spiro atoms. The predicted octanol–water partition coefficient (Wildman–Crippen LogP) is 3.40. The van der Waals surface area contributed by atoms with E-state index in [0.29, 0.717) is 18.8 Å². The average molecular weight is 421 g/mol. The zero-order valence-corrected chi connectivity index (χ0v) is 18.0. The van der Waals surface area contributed by atoms with Gasteiger partial charge < -0.3 is 14.5 Å². The third-order valence-corrected chi connectivity index (χ3v) is 7.10. The number of carbonyl (C=O) groups excluding carboxylic acids is 1. The average Bonchev–Trinajstić information content (AvgIpc) is 2.90. The summed E-state index contributed by atoms with van der Waals surface area (Å²) in [6.07, 6.45) is 3.78. The largest absolute Gasteiger partial charge is 0.496 e. The van der Waals surface area contributed by atoms with Crippen molar-refractivity contribution in [1.29, 1.82) is 0 Å². The molecule has 2 heterocycles. The van der Waals surface area contributed by atoms with E-state index in [2.05, 4.69) is 5.32 Å². The maximum absolute atomic E-state index is 13.1. The Balaban J connectivity index is 1.84. The third-order valence-electron chi connectivity index (χ3n) is 5.20. The molecule has 0 radical (unpaired) electrons. The van der Waals surface area contributed by atoms with Crippen molar-refractivity contribution in [2.24, 2.45) is 0 Å². The van der Waals surface area contributed by atoms with Gasteiger partial charge in [-0.15, -0.1) is 0 Å². The maximum atomic E-state index is 13.1. The molecule has 8 heteroatoms. The van der Waals surface area contributed by atoms with E-state index in [1.807, 2.05) is 19.9 Å². The van der Waals surface area contributed by atoms with E-state index in [1.165, 1.54) is 29.6 Å². The molecule has 1 aromatic heterocycles. The molecule has 1 saturated heterocycles. The summed E-state index contributed by atoms with van der Waals surface area (Å²) in [5.74, 6) is 1.45. The molecule has 1 aliphatic rings. The molecule has 1 amide bonds. The smallest absolute Gasteiger partial charge is 0.255 e. The number of furan rings is 1. The second-order valence-corrected chi connectivity index (χ2v) is 9.24. The first-order chi connectivity index (χ1) is 13.8. The Hall–Kier alpha value is -2.32. The van der Waals surface area contributed by atoms with Crippen molar-refractivity contribution >= 4 is 15.9 Å². The van der Waals surface area contributed by atoms with Gasteiger partial charge in [0, 0.05) is 25.2 Å². The Morgan fingerprint density at radius 1 is 1.14 bits per heavy atom. The number of sulfonamides is 1. The van der Waals surface area contributed by atoms with Crippen LogP contribution in [0.1, 0.15) is 53.1 Å². The summed E-state index contributed by atoms with van der Waals surface area (Å²) in [6.45, 7) is 4.99.